The summed E-state index contributed by atoms with van der Waals surface area (Å²) >= 11 is 2.71. The molecule has 0 saturated heterocycles. The Labute approximate surface area is 263 Å². The van der Waals surface area contributed by atoms with Crippen molar-refractivity contribution in [3.05, 3.63) is 86.6 Å². The number of nitrogen functional groups attached to an aromatic ring is 1. The molecular weight excluding hydrogens is 619 g/mol. The molecule has 1 aromatic carbocycles. The Bertz CT molecular complexity index is 2040. The fourth-order valence-electron chi connectivity index (χ4n) is 5.00. The van der Waals surface area contributed by atoms with Gasteiger partial charge in [0, 0.05) is 34.5 Å². The van der Waals surface area contributed by atoms with Gasteiger partial charge in [0.05, 0.1) is 28.9 Å². The third-order valence-corrected chi connectivity index (χ3v) is 10.4. The molecular formula is C31H33N5O5S3. The normalized spacial score (nSPS) is 11.6. The first-order chi connectivity index (χ1) is 20.9. The van der Waals surface area contributed by atoms with E-state index in [-0.39, 0.29) is 4.21 Å². The molecule has 0 amide bonds. The number of aromatic nitrogens is 4. The molecule has 6 aromatic rings. The molecule has 0 atom stereocenters. The van der Waals surface area contributed by atoms with Gasteiger partial charge in [-0.2, -0.15) is 13.5 Å². The highest BCUT2D eigenvalue weighted by molar-refractivity contribution is 7.88. The monoisotopic (exact) mass is 651 g/mol. The largest absolute Gasteiger partial charge is 0.381 e. The molecule has 0 saturated carbocycles. The highest BCUT2D eigenvalue weighted by Gasteiger charge is 2.23. The van der Waals surface area contributed by atoms with Crippen molar-refractivity contribution in [2.24, 2.45) is 0 Å². The number of methoxy groups -OCH3 is 1. The van der Waals surface area contributed by atoms with Crippen molar-refractivity contribution in [2.45, 2.75) is 52.0 Å². The smallest absolute Gasteiger partial charge is 0.304 e. The second-order valence-electron chi connectivity index (χ2n) is 10.4. The zero-order valence-electron chi connectivity index (χ0n) is 25.2. The van der Waals surface area contributed by atoms with Gasteiger partial charge in [-0.15, -0.1) is 22.7 Å². The van der Waals surface area contributed by atoms with Crippen LogP contribution >= 0.6 is 22.7 Å². The second kappa shape index (κ2) is 12.6. The molecule has 0 fully saturated rings. The molecule has 44 heavy (non-hydrogen) atoms. The Morgan fingerprint density at radius 3 is 2.43 bits per heavy atom. The Kier molecular flexibility index (Phi) is 9.05. The number of ether oxygens (including phenoxy) is 1. The van der Waals surface area contributed by atoms with Crippen molar-refractivity contribution in [1.29, 1.82) is 0 Å². The van der Waals surface area contributed by atoms with Crippen LogP contribution < -0.4 is 5.73 Å². The van der Waals surface area contributed by atoms with Gasteiger partial charge in [-0.3, -0.25) is 14.2 Å². The zero-order chi connectivity index (χ0) is 31.8. The SMILES string of the molecule is COCc1cc(Cn2nc(-c3cccs3)c3c(C)nc(C)cc32)ccc1-c1cc(C)sc1S(=O)(=O)O.Cc1onc(N)c1C. The molecule has 0 aliphatic heterocycles. The van der Waals surface area contributed by atoms with Crippen LogP contribution in [0.25, 0.3) is 32.6 Å². The summed E-state index contributed by atoms with van der Waals surface area (Å²) in [7, 11) is -2.74. The molecule has 230 valence electrons. The molecule has 3 N–H and O–H groups in total. The standard InChI is InChI=1S/C26H25N3O4S3.C5H8N2O/c1-15-10-22-24(17(3)27-15)25(23-6-5-9-34-23)28-29(22)13-18-7-8-20(19(12-18)14-33-4)21-11-16(2)35-26(21)36(30,31)32;1-3-4(2)8-7-5(3)6/h5-12H,13-14H2,1-4H3,(H,30,31,32);1-2H3,(H2,6,7). The van der Waals surface area contributed by atoms with Gasteiger partial charge in [0.25, 0.3) is 0 Å². The number of pyridine rings is 1. The number of thiophene rings is 2. The van der Waals surface area contributed by atoms with Gasteiger partial charge in [-0.25, -0.2) is 0 Å². The van der Waals surface area contributed by atoms with Crippen molar-refractivity contribution in [2.75, 3.05) is 12.8 Å². The van der Waals surface area contributed by atoms with Crippen molar-refractivity contribution < 1.29 is 22.2 Å². The molecule has 0 aliphatic rings. The topological polar surface area (TPSA) is 146 Å². The molecule has 5 aromatic heterocycles. The molecule has 0 spiro atoms. The number of hydrogen-bond donors (Lipinski definition) is 2. The first-order valence-corrected chi connectivity index (χ1v) is 16.8. The molecule has 10 nitrogen and oxygen atoms in total. The summed E-state index contributed by atoms with van der Waals surface area (Å²) in [5, 5.41) is 11.6. The molecule has 13 heteroatoms. The lowest BCUT2D eigenvalue weighted by atomic mass is 9.99. The van der Waals surface area contributed by atoms with Crippen molar-refractivity contribution in [1.82, 2.24) is 19.9 Å². The van der Waals surface area contributed by atoms with Crippen LogP contribution in [-0.2, 0) is 28.0 Å². The summed E-state index contributed by atoms with van der Waals surface area (Å²) in [6.45, 7) is 10.3. The van der Waals surface area contributed by atoms with Crippen molar-refractivity contribution in [3.63, 3.8) is 0 Å². The maximum atomic E-state index is 12.0. The van der Waals surface area contributed by atoms with Crippen LogP contribution in [0.1, 0.15) is 38.7 Å². The van der Waals surface area contributed by atoms with Gasteiger partial charge >= 0.3 is 10.1 Å². The van der Waals surface area contributed by atoms with Gasteiger partial charge in [-0.05, 0) is 74.9 Å². The zero-order valence-corrected chi connectivity index (χ0v) is 27.7. The van der Waals surface area contributed by atoms with Gasteiger partial charge in [-0.1, -0.05) is 29.4 Å². The van der Waals surface area contributed by atoms with E-state index in [2.05, 4.69) is 22.3 Å². The minimum atomic E-state index is -4.34. The first kappa shape index (κ1) is 31.5. The number of nitrogens with zero attached hydrogens (tertiary/aromatic N) is 4. The molecule has 6 rings (SSSR count). The lowest BCUT2D eigenvalue weighted by molar-refractivity contribution is 0.185. The van der Waals surface area contributed by atoms with Gasteiger partial charge < -0.3 is 15.0 Å². The Hall–Kier alpha value is -3.88. The van der Waals surface area contributed by atoms with Crippen LogP contribution in [-0.4, -0.2) is 40.0 Å². The number of rotatable bonds is 7. The van der Waals surface area contributed by atoms with E-state index < -0.39 is 10.1 Å². The van der Waals surface area contributed by atoms with E-state index in [0.29, 0.717) is 24.5 Å². The van der Waals surface area contributed by atoms with Crippen molar-refractivity contribution >= 4 is 49.5 Å². The highest BCUT2D eigenvalue weighted by atomic mass is 32.3. The van der Waals surface area contributed by atoms with Crippen LogP contribution in [0, 0.1) is 34.6 Å². The molecule has 0 bridgehead atoms. The minimum Gasteiger partial charge on any atom is -0.381 e. The van der Waals surface area contributed by atoms with Gasteiger partial charge in [0.1, 0.15) is 11.5 Å². The van der Waals surface area contributed by atoms with E-state index in [4.69, 9.17) is 20.1 Å². The fourth-order valence-corrected chi connectivity index (χ4v) is 7.72. The molecule has 0 unspecified atom stereocenters. The third-order valence-electron chi connectivity index (χ3n) is 7.14. The third kappa shape index (κ3) is 6.47. The van der Waals surface area contributed by atoms with Gasteiger partial charge in [0.15, 0.2) is 10.0 Å². The second-order valence-corrected chi connectivity index (χ2v) is 14.3. The highest BCUT2D eigenvalue weighted by Crippen LogP contribution is 2.38. The van der Waals surface area contributed by atoms with E-state index in [1.54, 1.807) is 24.5 Å². The van der Waals surface area contributed by atoms with E-state index in [1.807, 2.05) is 68.9 Å². The Morgan fingerprint density at radius 2 is 1.84 bits per heavy atom. The summed E-state index contributed by atoms with van der Waals surface area (Å²) < 4.78 is 45.9. The van der Waals surface area contributed by atoms with Crippen LogP contribution in [0.5, 0.6) is 0 Å². The number of aryl methyl sites for hydroxylation is 4. The Morgan fingerprint density at radius 1 is 1.07 bits per heavy atom. The fraction of sp³-hybridized carbons (Fsp3) is 0.258. The van der Waals surface area contributed by atoms with Crippen LogP contribution in [0.15, 0.2) is 56.6 Å². The van der Waals surface area contributed by atoms with E-state index >= 15 is 0 Å². The molecule has 5 heterocycles. The predicted octanol–water partition coefficient (Wildman–Crippen LogP) is 7.13. The lowest BCUT2D eigenvalue weighted by Crippen LogP contribution is -2.04. The summed E-state index contributed by atoms with van der Waals surface area (Å²) in [5.41, 5.74) is 13.1. The van der Waals surface area contributed by atoms with E-state index in [1.165, 1.54) is 0 Å². The summed E-state index contributed by atoms with van der Waals surface area (Å²) in [4.78, 5) is 6.56. The Balaban J connectivity index is 0.000000418. The summed E-state index contributed by atoms with van der Waals surface area (Å²) in [6.07, 6.45) is 0. The average molecular weight is 652 g/mol. The minimum absolute atomic E-state index is 0.0535. The van der Waals surface area contributed by atoms with E-state index in [0.717, 1.165) is 77.1 Å². The summed E-state index contributed by atoms with van der Waals surface area (Å²) in [5.74, 6) is 1.28. The number of nitrogens with two attached hydrogens (primary N) is 1. The van der Waals surface area contributed by atoms with Crippen LogP contribution in [0.4, 0.5) is 5.82 Å². The maximum Gasteiger partial charge on any atom is 0.304 e. The molecule has 0 radical (unpaired) electrons. The van der Waals surface area contributed by atoms with Crippen LogP contribution in [0.2, 0.25) is 0 Å². The van der Waals surface area contributed by atoms with Crippen molar-refractivity contribution in [3.8, 4) is 21.7 Å². The number of hydrogen-bond acceptors (Lipinski definition) is 10. The molecule has 0 aliphatic carbocycles. The maximum absolute atomic E-state index is 12.0. The lowest BCUT2D eigenvalue weighted by Gasteiger charge is -2.12. The van der Waals surface area contributed by atoms with Crippen LogP contribution in [0.3, 0.4) is 0 Å². The first-order valence-electron chi connectivity index (χ1n) is 13.6. The number of fused-ring (bicyclic) bond motifs is 1. The van der Waals surface area contributed by atoms with Gasteiger partial charge in [0.2, 0.25) is 0 Å². The number of anilines is 1. The summed E-state index contributed by atoms with van der Waals surface area (Å²) in [6, 6.07) is 13.8. The average Bonchev–Trinajstić information content (AvgIpc) is 3.75. The number of benzene rings is 1. The predicted molar refractivity (Wildman–Crippen MR) is 175 cm³/mol. The quantitative estimate of drug-likeness (QED) is 0.172. The van der Waals surface area contributed by atoms with E-state index in [9.17, 15) is 13.0 Å².